The van der Waals surface area contributed by atoms with Gasteiger partial charge in [0.2, 0.25) is 0 Å². The molecule has 0 spiro atoms. The highest BCUT2D eigenvalue weighted by molar-refractivity contribution is 5.90. The van der Waals surface area contributed by atoms with E-state index in [1.807, 2.05) is 0 Å². The van der Waals surface area contributed by atoms with E-state index in [9.17, 15) is 0 Å². The molecule has 9 aromatic carbocycles. The van der Waals surface area contributed by atoms with Gasteiger partial charge in [0.15, 0.2) is 0 Å². The highest BCUT2D eigenvalue weighted by atomic mass is 14.1. The van der Waals surface area contributed by atoms with Gasteiger partial charge in [0.05, 0.1) is 0 Å². The maximum atomic E-state index is 2.30. The average Bonchev–Trinajstić information content (AvgIpc) is 3.32. The topological polar surface area (TPSA) is 0 Å². The van der Waals surface area contributed by atoms with Gasteiger partial charge in [-0.05, 0) is 300 Å². The molecule has 0 radical (unpaired) electrons. The first-order chi connectivity index (χ1) is 33.4. The Bertz CT molecular complexity index is 3030. The van der Waals surface area contributed by atoms with Gasteiger partial charge in [-0.2, -0.15) is 0 Å². The summed E-state index contributed by atoms with van der Waals surface area (Å²) in [4.78, 5) is 0. The Morgan fingerprint density at radius 2 is 0.437 bits per heavy atom. The third-order valence-corrected chi connectivity index (χ3v) is 15.4. The lowest BCUT2D eigenvalue weighted by atomic mass is 9.95. The van der Waals surface area contributed by atoms with Crippen molar-refractivity contribution in [2.75, 3.05) is 0 Å². The van der Waals surface area contributed by atoms with E-state index >= 15 is 0 Å². The van der Waals surface area contributed by atoms with Crippen LogP contribution in [0, 0.1) is 138 Å². The van der Waals surface area contributed by atoms with E-state index in [4.69, 9.17) is 0 Å². The summed E-state index contributed by atoms with van der Waals surface area (Å²) in [5, 5.41) is 5.51. The molecule has 0 aliphatic rings. The van der Waals surface area contributed by atoms with Crippen molar-refractivity contribution in [3.8, 4) is 11.1 Å². The van der Waals surface area contributed by atoms with Gasteiger partial charge in [-0.3, -0.25) is 0 Å². The minimum absolute atomic E-state index is 1.03. The molecule has 368 valence electrons. The zero-order chi connectivity index (χ0) is 52.4. The molecule has 0 aliphatic heterocycles. The van der Waals surface area contributed by atoms with Crippen LogP contribution in [0.2, 0.25) is 0 Å². The maximum Gasteiger partial charge on any atom is -0.00256 e. The Kier molecular flexibility index (Phi) is 19.2. The predicted octanol–water partition coefficient (Wildman–Crippen LogP) is 20.2. The van der Waals surface area contributed by atoms with Crippen LogP contribution in [0.1, 0.15) is 122 Å². The zero-order valence-corrected chi connectivity index (χ0v) is 47.4. The Morgan fingerprint density at radius 3 is 0.718 bits per heavy atom. The summed E-state index contributed by atoms with van der Waals surface area (Å²) >= 11 is 0. The molecule has 0 heteroatoms. The molecule has 0 N–H and O–H groups in total. The summed E-state index contributed by atoms with van der Waals surface area (Å²) < 4.78 is 0. The molecule has 9 aromatic rings. The molecule has 0 nitrogen and oxygen atoms in total. The van der Waals surface area contributed by atoms with Crippen LogP contribution >= 0.6 is 0 Å². The van der Waals surface area contributed by atoms with Gasteiger partial charge >= 0.3 is 0 Å². The Balaban J connectivity index is 0.000000167. The highest BCUT2D eigenvalue weighted by Crippen LogP contribution is 2.28. The van der Waals surface area contributed by atoms with Gasteiger partial charge in [0.1, 0.15) is 0 Å². The van der Waals surface area contributed by atoms with Gasteiger partial charge in [-0.1, -0.05) is 133 Å². The molecular formula is C71H84. The van der Waals surface area contributed by atoms with Crippen LogP contribution in [0.25, 0.3) is 32.7 Å². The second-order valence-electron chi connectivity index (χ2n) is 21.0. The number of rotatable bonds is 3. The van der Waals surface area contributed by atoms with Crippen LogP contribution in [-0.4, -0.2) is 0 Å². The van der Waals surface area contributed by atoms with Crippen LogP contribution < -0.4 is 0 Å². The fraction of sp³-hybridized carbons (Fsp3) is 0.296. The van der Waals surface area contributed by atoms with Gasteiger partial charge in [0.25, 0.3) is 0 Å². The van der Waals surface area contributed by atoms with Crippen molar-refractivity contribution in [3.63, 3.8) is 0 Å². The number of hydrogen-bond acceptors (Lipinski definition) is 0. The molecule has 0 amide bonds. The lowest BCUT2D eigenvalue weighted by molar-refractivity contribution is 1.15. The molecule has 0 saturated carbocycles. The van der Waals surface area contributed by atoms with Crippen molar-refractivity contribution in [2.45, 2.75) is 145 Å². The summed E-state index contributed by atoms with van der Waals surface area (Å²) in [6, 6.07) is 49.3. The van der Waals surface area contributed by atoms with E-state index in [1.54, 1.807) is 0 Å². The predicted molar refractivity (Wildman–Crippen MR) is 317 cm³/mol. The molecule has 0 aliphatic carbocycles. The third kappa shape index (κ3) is 14.8. The summed E-state index contributed by atoms with van der Waals surface area (Å²) in [5.74, 6) is 0. The smallest absolute Gasteiger partial charge is 0.00256 e. The van der Waals surface area contributed by atoms with Crippen LogP contribution in [0.5, 0.6) is 0 Å². The van der Waals surface area contributed by atoms with Gasteiger partial charge in [-0.15, -0.1) is 0 Å². The number of aryl methyl sites for hydroxylation is 20. The Labute approximate surface area is 431 Å². The fourth-order valence-electron chi connectivity index (χ4n) is 8.74. The molecule has 0 atom stereocenters. The van der Waals surface area contributed by atoms with Crippen LogP contribution in [-0.2, 0) is 6.42 Å². The van der Waals surface area contributed by atoms with E-state index in [0.717, 1.165) is 6.42 Å². The van der Waals surface area contributed by atoms with E-state index in [0.29, 0.717) is 0 Å². The lowest BCUT2D eigenvalue weighted by Gasteiger charge is -2.09. The number of hydrogen-bond donors (Lipinski definition) is 0. The Hall–Kier alpha value is -6.50. The van der Waals surface area contributed by atoms with Crippen molar-refractivity contribution in [1.29, 1.82) is 0 Å². The highest BCUT2D eigenvalue weighted by Gasteiger charge is 2.06. The molecule has 0 heterocycles. The van der Waals surface area contributed by atoms with Crippen molar-refractivity contribution < 1.29 is 0 Å². The molecule has 0 aromatic heterocycles. The first-order valence-electron chi connectivity index (χ1n) is 25.7. The van der Waals surface area contributed by atoms with E-state index in [-0.39, 0.29) is 0 Å². The summed E-state index contributed by atoms with van der Waals surface area (Å²) in [5.41, 5.74) is 33.0. The SMILES string of the molecule is Cc1cc(C)c(C)cc1C.Cc1cc2cc(C)c(C)cc2cc1C.Cc1ccc(-c2ccc(C)c(C)c2)cc1C.Cc1ccc(Cc2ccc(C)c(C)c2)cc1C.Cc1ccc2c(C)c(C)ccc2c1C. The van der Waals surface area contributed by atoms with Crippen LogP contribution in [0.15, 0.2) is 133 Å². The van der Waals surface area contributed by atoms with E-state index < -0.39 is 0 Å². The quantitative estimate of drug-likeness (QED) is 0.166. The van der Waals surface area contributed by atoms with E-state index in [2.05, 4.69) is 272 Å². The molecule has 71 heavy (non-hydrogen) atoms. The van der Waals surface area contributed by atoms with Crippen molar-refractivity contribution in [2.24, 2.45) is 0 Å². The van der Waals surface area contributed by atoms with Crippen molar-refractivity contribution >= 4 is 21.5 Å². The first kappa shape index (κ1) is 55.4. The second kappa shape index (κ2) is 24.6. The Morgan fingerprint density at radius 1 is 0.197 bits per heavy atom. The largest absolute Gasteiger partial charge is 0.0588 e. The summed E-state index contributed by atoms with van der Waals surface area (Å²) in [6.07, 6.45) is 1.03. The minimum Gasteiger partial charge on any atom is -0.0588 e. The van der Waals surface area contributed by atoms with Gasteiger partial charge < -0.3 is 0 Å². The molecule has 0 fully saturated rings. The lowest BCUT2D eigenvalue weighted by Crippen LogP contribution is -1.92. The summed E-state index contributed by atoms with van der Waals surface area (Å²) in [6.45, 7) is 43.4. The first-order valence-corrected chi connectivity index (χ1v) is 25.7. The molecule has 0 bridgehead atoms. The van der Waals surface area contributed by atoms with Gasteiger partial charge in [-0.25, -0.2) is 0 Å². The average molecular weight is 937 g/mol. The van der Waals surface area contributed by atoms with Crippen LogP contribution in [0.3, 0.4) is 0 Å². The maximum absolute atomic E-state index is 2.30. The number of benzene rings is 9. The van der Waals surface area contributed by atoms with Gasteiger partial charge in [0, 0.05) is 0 Å². The normalized spacial score (nSPS) is 10.6. The van der Waals surface area contributed by atoms with E-state index in [1.165, 1.54) is 155 Å². The molecule has 9 rings (SSSR count). The van der Waals surface area contributed by atoms with Crippen molar-refractivity contribution in [1.82, 2.24) is 0 Å². The minimum atomic E-state index is 1.03. The molecular weight excluding hydrogens is 853 g/mol. The third-order valence-electron chi connectivity index (χ3n) is 15.4. The standard InChI is InChI=1S/C17H20.C16H18.2C14H16.C10H14/c1-12-5-7-16(9-14(12)3)11-17-8-6-13(2)15(4)10-17;1-11-5-7-15(9-13(11)3)16-8-6-12(2)14(4)10-16;1-9-5-13-7-11(3)12(4)8-14(13)6-10(9)2;1-9-5-7-14-12(4)10(2)6-8-13(14)11(9)3;1-7-5-9(3)10(4)6-8(7)2/h5-10H,11H2,1-4H3;5-10H,1-4H3;2*5-8H,1-4H3;5-6H,1-4H3. The zero-order valence-electron chi connectivity index (χ0n) is 47.4. The second-order valence-corrected chi connectivity index (χ2v) is 21.0. The molecule has 0 saturated heterocycles. The molecule has 0 unspecified atom stereocenters. The fourth-order valence-corrected chi connectivity index (χ4v) is 8.74. The van der Waals surface area contributed by atoms with Crippen LogP contribution in [0.4, 0.5) is 0 Å². The number of fused-ring (bicyclic) bond motifs is 2. The summed E-state index contributed by atoms with van der Waals surface area (Å²) in [7, 11) is 0. The van der Waals surface area contributed by atoms with Crippen molar-refractivity contribution in [3.05, 3.63) is 256 Å². The monoisotopic (exact) mass is 937 g/mol.